The smallest absolute Gasteiger partial charge is 0.0533 e. The third kappa shape index (κ3) is 4.83. The average Bonchev–Trinajstić information content (AvgIpc) is 1.12. The Morgan fingerprint density at radius 1 is 0.333 bits per heavy atom. The van der Waals surface area contributed by atoms with Crippen LogP contribution >= 0.6 is 13.5 Å². The lowest BCUT2D eigenvalue weighted by Crippen LogP contribution is -1.85. The first kappa shape index (κ1) is 9.35. The van der Waals surface area contributed by atoms with Crippen molar-refractivity contribution < 1.29 is 0 Å². The highest BCUT2D eigenvalue weighted by Gasteiger charge is 1.95. The maximum absolute atomic E-state index is 1.50. The molecule has 2 aliphatic rings. The van der Waals surface area contributed by atoms with Crippen LogP contribution in [0.3, 0.4) is 0 Å². The molecule has 1 heteroatoms. The summed E-state index contributed by atoms with van der Waals surface area (Å²) in [5.41, 5.74) is 0. The normalized spacial score (nSPS) is 21.3. The topological polar surface area (TPSA) is 0 Å². The molecule has 0 atom stereocenters. The van der Waals surface area contributed by atoms with Crippen LogP contribution in [0, 0.1) is 0 Å². The van der Waals surface area contributed by atoms with Crippen molar-refractivity contribution in [1.29, 1.82) is 0 Å². The van der Waals surface area contributed by atoms with Gasteiger partial charge in [-0.1, -0.05) is 51.4 Å². The monoisotopic (exact) mass is 146 g/mol. The van der Waals surface area contributed by atoms with E-state index >= 15 is 0 Å². The molecule has 2 saturated carbocycles. The molecule has 0 unspecified atom stereocenters. The zero-order valence-electron chi connectivity index (χ0n) is 6.16. The molecule has 0 aromatic heterocycles. The van der Waals surface area contributed by atoms with Crippen molar-refractivity contribution in [3.05, 3.63) is 0 Å². The SMILES string of the molecule is C1CCC1.C1CCC1.S. The highest BCUT2D eigenvalue weighted by Crippen LogP contribution is 2.15. The second-order valence-corrected chi connectivity index (χ2v) is 2.83. The highest BCUT2D eigenvalue weighted by atomic mass is 32.1. The molecule has 0 heterocycles. The van der Waals surface area contributed by atoms with Crippen LogP contribution in [0.2, 0.25) is 0 Å². The fraction of sp³-hybridized carbons (Fsp3) is 1.00. The van der Waals surface area contributed by atoms with Gasteiger partial charge in [-0.15, -0.1) is 0 Å². The third-order valence-corrected chi connectivity index (χ3v) is 2.00. The van der Waals surface area contributed by atoms with Gasteiger partial charge < -0.3 is 0 Å². The molecule has 0 radical (unpaired) electrons. The summed E-state index contributed by atoms with van der Waals surface area (Å²) in [4.78, 5) is 0. The van der Waals surface area contributed by atoms with Gasteiger partial charge in [0.25, 0.3) is 0 Å². The lowest BCUT2D eigenvalue weighted by molar-refractivity contribution is 0.504. The fourth-order valence-electron chi connectivity index (χ4n) is 0.500. The molecular formula is C8H18S. The van der Waals surface area contributed by atoms with Crippen molar-refractivity contribution in [2.75, 3.05) is 0 Å². The number of hydrogen-bond donors (Lipinski definition) is 0. The molecule has 0 saturated heterocycles. The van der Waals surface area contributed by atoms with E-state index in [0.717, 1.165) is 0 Å². The van der Waals surface area contributed by atoms with Crippen molar-refractivity contribution in [2.45, 2.75) is 51.4 Å². The van der Waals surface area contributed by atoms with Gasteiger partial charge in [-0.3, -0.25) is 0 Å². The first-order valence-corrected chi connectivity index (χ1v) is 4.00. The largest absolute Gasteiger partial charge is 0.197 e. The predicted octanol–water partition coefficient (Wildman–Crippen LogP) is 3.23. The summed E-state index contributed by atoms with van der Waals surface area (Å²) in [5, 5.41) is 0. The zero-order chi connectivity index (χ0) is 5.66. The molecule has 0 aromatic rings. The summed E-state index contributed by atoms with van der Waals surface area (Å²) in [6.45, 7) is 0. The zero-order valence-corrected chi connectivity index (χ0v) is 7.16. The highest BCUT2D eigenvalue weighted by molar-refractivity contribution is 7.59. The van der Waals surface area contributed by atoms with Crippen LogP contribution in [0.15, 0.2) is 0 Å². The lowest BCUT2D eigenvalue weighted by atomic mass is 10.0. The first-order valence-electron chi connectivity index (χ1n) is 4.00. The molecular weight excluding hydrogens is 128 g/mol. The summed E-state index contributed by atoms with van der Waals surface area (Å²) in [6, 6.07) is 0. The molecule has 9 heavy (non-hydrogen) atoms. The van der Waals surface area contributed by atoms with Crippen LogP contribution in [0.4, 0.5) is 0 Å². The molecule has 0 spiro atoms. The van der Waals surface area contributed by atoms with Crippen molar-refractivity contribution in [3.63, 3.8) is 0 Å². The molecule has 0 aromatic carbocycles. The molecule has 0 aliphatic heterocycles. The molecule has 0 amide bonds. The van der Waals surface area contributed by atoms with Crippen molar-refractivity contribution >= 4 is 13.5 Å². The minimum atomic E-state index is 0. The van der Waals surface area contributed by atoms with Crippen LogP contribution in [0.1, 0.15) is 51.4 Å². The Kier molecular flexibility index (Phi) is 6.72. The Balaban J connectivity index is 0.000000128. The maximum atomic E-state index is 1.50. The molecule has 0 nitrogen and oxygen atoms in total. The molecule has 56 valence electrons. The van der Waals surface area contributed by atoms with Gasteiger partial charge in [0, 0.05) is 0 Å². The van der Waals surface area contributed by atoms with Gasteiger partial charge >= 0.3 is 0 Å². The summed E-state index contributed by atoms with van der Waals surface area (Å²) in [6.07, 6.45) is 12.0. The molecule has 2 aliphatic carbocycles. The van der Waals surface area contributed by atoms with Gasteiger partial charge in [-0.2, -0.15) is 13.5 Å². The van der Waals surface area contributed by atoms with E-state index in [-0.39, 0.29) is 13.5 Å². The predicted molar refractivity (Wildman–Crippen MR) is 47.3 cm³/mol. The van der Waals surface area contributed by atoms with Crippen LogP contribution in [-0.2, 0) is 0 Å². The van der Waals surface area contributed by atoms with Crippen LogP contribution < -0.4 is 0 Å². The fourth-order valence-corrected chi connectivity index (χ4v) is 0.500. The molecule has 2 rings (SSSR count). The van der Waals surface area contributed by atoms with Crippen LogP contribution in [0.5, 0.6) is 0 Å². The minimum absolute atomic E-state index is 0. The Bertz CT molecular complexity index is 28.5. The summed E-state index contributed by atoms with van der Waals surface area (Å²) in [5.74, 6) is 0. The van der Waals surface area contributed by atoms with E-state index < -0.39 is 0 Å². The van der Waals surface area contributed by atoms with Crippen molar-refractivity contribution in [2.24, 2.45) is 0 Å². The second-order valence-electron chi connectivity index (χ2n) is 2.83. The van der Waals surface area contributed by atoms with E-state index in [4.69, 9.17) is 0 Å². The molecule has 0 bridgehead atoms. The Morgan fingerprint density at radius 3 is 0.444 bits per heavy atom. The van der Waals surface area contributed by atoms with Gasteiger partial charge in [0.2, 0.25) is 0 Å². The average molecular weight is 146 g/mol. The Hall–Kier alpha value is 0.350. The molecule has 2 fully saturated rings. The summed E-state index contributed by atoms with van der Waals surface area (Å²) in [7, 11) is 0. The van der Waals surface area contributed by atoms with E-state index in [2.05, 4.69) is 0 Å². The van der Waals surface area contributed by atoms with E-state index in [0.29, 0.717) is 0 Å². The van der Waals surface area contributed by atoms with Gasteiger partial charge in [0.05, 0.1) is 0 Å². The van der Waals surface area contributed by atoms with E-state index in [9.17, 15) is 0 Å². The van der Waals surface area contributed by atoms with E-state index in [1.54, 1.807) is 0 Å². The summed E-state index contributed by atoms with van der Waals surface area (Å²) < 4.78 is 0. The number of rotatable bonds is 0. The van der Waals surface area contributed by atoms with Crippen molar-refractivity contribution in [3.8, 4) is 0 Å². The standard InChI is InChI=1S/2C4H8.H2S/c2*1-2-4-3-1;/h2*1-4H2;1H2. The minimum Gasteiger partial charge on any atom is -0.197 e. The summed E-state index contributed by atoms with van der Waals surface area (Å²) >= 11 is 0. The Labute approximate surface area is 65.5 Å². The second kappa shape index (κ2) is 6.47. The lowest BCUT2D eigenvalue weighted by Gasteiger charge is -2.05. The van der Waals surface area contributed by atoms with Gasteiger partial charge in [-0.05, 0) is 0 Å². The van der Waals surface area contributed by atoms with Crippen LogP contribution in [0.25, 0.3) is 0 Å². The molecule has 0 N–H and O–H groups in total. The maximum Gasteiger partial charge on any atom is -0.0533 e. The van der Waals surface area contributed by atoms with Crippen molar-refractivity contribution in [1.82, 2.24) is 0 Å². The van der Waals surface area contributed by atoms with E-state index in [1.165, 1.54) is 51.4 Å². The van der Waals surface area contributed by atoms with Gasteiger partial charge in [0.1, 0.15) is 0 Å². The van der Waals surface area contributed by atoms with Gasteiger partial charge in [0.15, 0.2) is 0 Å². The first-order chi connectivity index (χ1) is 4.00. The third-order valence-electron chi connectivity index (χ3n) is 2.00. The van der Waals surface area contributed by atoms with E-state index in [1.807, 2.05) is 0 Å². The van der Waals surface area contributed by atoms with Crippen LogP contribution in [-0.4, -0.2) is 0 Å². The quantitative estimate of drug-likeness (QED) is 0.492. The van der Waals surface area contributed by atoms with Gasteiger partial charge in [-0.25, -0.2) is 0 Å². The Morgan fingerprint density at radius 2 is 0.444 bits per heavy atom. The number of hydrogen-bond acceptors (Lipinski definition) is 0.